The van der Waals surface area contributed by atoms with E-state index in [1.807, 2.05) is 0 Å². The van der Waals surface area contributed by atoms with Crippen LogP contribution in [0.1, 0.15) is 19.8 Å². The lowest BCUT2D eigenvalue weighted by molar-refractivity contribution is -0.119. The zero-order valence-electron chi connectivity index (χ0n) is 12.3. The fraction of sp³-hybridized carbons (Fsp3) is 0.615. The van der Waals surface area contributed by atoms with Crippen LogP contribution in [0.2, 0.25) is 0 Å². The number of nitrogens with zero attached hydrogens (tertiary/aromatic N) is 2. The summed E-state index contributed by atoms with van der Waals surface area (Å²) < 4.78 is 6.64. The molecule has 7 nitrogen and oxygen atoms in total. The molecule has 0 saturated carbocycles. The number of nitrogens with one attached hydrogen (secondary N) is 2. The minimum Gasteiger partial charge on any atom is -0.383 e. The first-order valence-electron chi connectivity index (χ1n) is 6.85. The number of carbonyl (C=O) groups is 1. The summed E-state index contributed by atoms with van der Waals surface area (Å²) >= 11 is 3.25. The highest BCUT2D eigenvalue weighted by Crippen LogP contribution is 2.15. The number of aryl methyl sites for hydroxylation is 1. The Kier molecular flexibility index (Phi) is 7.99. The summed E-state index contributed by atoms with van der Waals surface area (Å²) in [5.74, 6) is -0.172. The van der Waals surface area contributed by atoms with Crippen molar-refractivity contribution in [1.29, 1.82) is 0 Å². The second-order valence-electron chi connectivity index (χ2n) is 4.45. The lowest BCUT2D eigenvalue weighted by Gasteiger charge is -2.10. The van der Waals surface area contributed by atoms with Gasteiger partial charge >= 0.3 is 0 Å². The number of aromatic nitrogens is 2. The van der Waals surface area contributed by atoms with Gasteiger partial charge in [0.15, 0.2) is 0 Å². The molecular formula is C13H21BrN4O3. The van der Waals surface area contributed by atoms with Gasteiger partial charge in [0.2, 0.25) is 5.91 Å². The van der Waals surface area contributed by atoms with Crippen molar-refractivity contribution in [2.24, 2.45) is 0 Å². The molecule has 0 fully saturated rings. The molecule has 0 aliphatic heterocycles. The van der Waals surface area contributed by atoms with E-state index in [1.54, 1.807) is 13.3 Å². The van der Waals surface area contributed by atoms with Crippen molar-refractivity contribution in [3.63, 3.8) is 0 Å². The Morgan fingerprint density at radius 3 is 2.95 bits per heavy atom. The van der Waals surface area contributed by atoms with Gasteiger partial charge in [-0.05, 0) is 22.4 Å². The molecule has 1 aromatic heterocycles. The SMILES string of the molecule is CCCCn1ncc(NCC(=O)NCCOC)c(Br)c1=O. The standard InChI is InChI=1S/C13H21BrN4O3/c1-3-4-6-18-13(20)12(14)10(8-17-18)16-9-11(19)15-5-7-21-2/h8,16H,3-7,9H2,1-2H3,(H,15,19). The zero-order chi connectivity index (χ0) is 15.7. The molecule has 8 heteroatoms. The third-order valence-electron chi connectivity index (χ3n) is 2.78. The molecule has 0 unspecified atom stereocenters. The molecule has 0 saturated heterocycles. The number of hydrogen-bond donors (Lipinski definition) is 2. The molecule has 21 heavy (non-hydrogen) atoms. The largest absolute Gasteiger partial charge is 0.383 e. The van der Waals surface area contributed by atoms with Gasteiger partial charge in [0.25, 0.3) is 5.56 Å². The maximum atomic E-state index is 12.0. The number of hydrogen-bond acceptors (Lipinski definition) is 5. The van der Waals surface area contributed by atoms with Gasteiger partial charge in [-0.15, -0.1) is 0 Å². The van der Waals surface area contributed by atoms with Crippen molar-refractivity contribution in [3.05, 3.63) is 21.0 Å². The molecule has 1 rings (SSSR count). The van der Waals surface area contributed by atoms with Crippen LogP contribution in [-0.2, 0) is 16.1 Å². The van der Waals surface area contributed by atoms with Gasteiger partial charge < -0.3 is 15.4 Å². The van der Waals surface area contributed by atoms with Crippen LogP contribution < -0.4 is 16.2 Å². The molecule has 0 radical (unpaired) electrons. The van der Waals surface area contributed by atoms with Gasteiger partial charge in [-0.25, -0.2) is 4.68 Å². The molecule has 0 bridgehead atoms. The molecule has 0 aliphatic carbocycles. The van der Waals surface area contributed by atoms with E-state index in [1.165, 1.54) is 4.68 Å². The molecular weight excluding hydrogens is 340 g/mol. The summed E-state index contributed by atoms with van der Waals surface area (Å²) in [4.78, 5) is 23.6. The van der Waals surface area contributed by atoms with Crippen molar-refractivity contribution < 1.29 is 9.53 Å². The number of methoxy groups -OCH3 is 1. The van der Waals surface area contributed by atoms with E-state index in [-0.39, 0.29) is 18.0 Å². The van der Waals surface area contributed by atoms with Crippen LogP contribution in [0.5, 0.6) is 0 Å². The number of unbranched alkanes of at least 4 members (excludes halogenated alkanes) is 1. The first-order valence-corrected chi connectivity index (χ1v) is 7.64. The highest BCUT2D eigenvalue weighted by Gasteiger charge is 2.09. The molecule has 0 aliphatic rings. The van der Waals surface area contributed by atoms with Crippen molar-refractivity contribution in [3.8, 4) is 0 Å². The van der Waals surface area contributed by atoms with Gasteiger partial charge in [-0.1, -0.05) is 13.3 Å². The van der Waals surface area contributed by atoms with E-state index in [4.69, 9.17) is 4.74 Å². The summed E-state index contributed by atoms with van der Waals surface area (Å²) in [6.45, 7) is 3.63. The predicted molar refractivity (Wildman–Crippen MR) is 84.5 cm³/mol. The van der Waals surface area contributed by atoms with Crippen molar-refractivity contribution in [2.45, 2.75) is 26.3 Å². The lowest BCUT2D eigenvalue weighted by atomic mass is 10.3. The van der Waals surface area contributed by atoms with Crippen LogP contribution in [0.15, 0.2) is 15.5 Å². The highest BCUT2D eigenvalue weighted by molar-refractivity contribution is 9.10. The number of anilines is 1. The smallest absolute Gasteiger partial charge is 0.283 e. The maximum absolute atomic E-state index is 12.0. The molecule has 1 aromatic rings. The zero-order valence-corrected chi connectivity index (χ0v) is 13.9. The Hall–Kier alpha value is -1.41. The molecule has 1 heterocycles. The first-order chi connectivity index (χ1) is 10.1. The monoisotopic (exact) mass is 360 g/mol. The Morgan fingerprint density at radius 1 is 1.52 bits per heavy atom. The Balaban J connectivity index is 2.58. The van der Waals surface area contributed by atoms with Crippen molar-refractivity contribution in [1.82, 2.24) is 15.1 Å². The van der Waals surface area contributed by atoms with E-state index < -0.39 is 0 Å². The fourth-order valence-corrected chi connectivity index (χ4v) is 2.03. The molecule has 2 N–H and O–H groups in total. The van der Waals surface area contributed by atoms with Crippen molar-refractivity contribution >= 4 is 27.5 Å². The van der Waals surface area contributed by atoms with Gasteiger partial charge in [-0.3, -0.25) is 9.59 Å². The molecule has 0 aromatic carbocycles. The number of rotatable bonds is 9. The van der Waals surface area contributed by atoms with Gasteiger partial charge in [-0.2, -0.15) is 5.10 Å². The van der Waals surface area contributed by atoms with E-state index in [0.717, 1.165) is 12.8 Å². The molecule has 0 spiro atoms. The van der Waals surface area contributed by atoms with Crippen LogP contribution in [-0.4, -0.2) is 42.5 Å². The number of amides is 1. The average molecular weight is 361 g/mol. The lowest BCUT2D eigenvalue weighted by Crippen LogP contribution is -2.33. The predicted octanol–water partition coefficient (Wildman–Crippen LogP) is 0.980. The fourth-order valence-electron chi connectivity index (χ4n) is 1.59. The topological polar surface area (TPSA) is 85.2 Å². The highest BCUT2D eigenvalue weighted by atomic mass is 79.9. The number of carbonyl (C=O) groups excluding carboxylic acids is 1. The summed E-state index contributed by atoms with van der Waals surface area (Å²) in [6.07, 6.45) is 3.44. The summed E-state index contributed by atoms with van der Waals surface area (Å²) in [6, 6.07) is 0. The quantitative estimate of drug-likeness (QED) is 0.641. The maximum Gasteiger partial charge on any atom is 0.283 e. The van der Waals surface area contributed by atoms with E-state index in [2.05, 4.69) is 38.6 Å². The van der Waals surface area contributed by atoms with E-state index >= 15 is 0 Å². The van der Waals surface area contributed by atoms with E-state index in [0.29, 0.717) is 29.9 Å². The van der Waals surface area contributed by atoms with Gasteiger partial charge in [0.1, 0.15) is 4.47 Å². The summed E-state index contributed by atoms with van der Waals surface area (Å²) in [5, 5.41) is 9.66. The number of ether oxygens (including phenoxy) is 1. The van der Waals surface area contributed by atoms with Crippen LogP contribution in [0, 0.1) is 0 Å². The minimum atomic E-state index is -0.201. The minimum absolute atomic E-state index is 0.0718. The normalized spacial score (nSPS) is 10.4. The van der Waals surface area contributed by atoms with Crippen LogP contribution >= 0.6 is 15.9 Å². The van der Waals surface area contributed by atoms with Gasteiger partial charge in [0, 0.05) is 20.2 Å². The van der Waals surface area contributed by atoms with Crippen LogP contribution in [0.25, 0.3) is 0 Å². The third-order valence-corrected chi connectivity index (χ3v) is 3.54. The Bertz CT molecular complexity index is 519. The molecule has 118 valence electrons. The summed E-state index contributed by atoms with van der Waals surface area (Å²) in [7, 11) is 1.57. The van der Waals surface area contributed by atoms with Crippen LogP contribution in [0.4, 0.5) is 5.69 Å². The molecule has 1 amide bonds. The van der Waals surface area contributed by atoms with Gasteiger partial charge in [0.05, 0.1) is 25.0 Å². The second kappa shape index (κ2) is 9.51. The Labute approximate surface area is 132 Å². The van der Waals surface area contributed by atoms with E-state index in [9.17, 15) is 9.59 Å². The van der Waals surface area contributed by atoms with Crippen LogP contribution in [0.3, 0.4) is 0 Å². The summed E-state index contributed by atoms with van der Waals surface area (Å²) in [5.41, 5.74) is 0.308. The number of halogens is 1. The third kappa shape index (κ3) is 5.84. The second-order valence-corrected chi connectivity index (χ2v) is 5.24. The van der Waals surface area contributed by atoms with Crippen molar-refractivity contribution in [2.75, 3.05) is 32.1 Å². The molecule has 0 atom stereocenters. The average Bonchev–Trinajstić information content (AvgIpc) is 2.48. The Morgan fingerprint density at radius 2 is 2.29 bits per heavy atom. The first kappa shape index (κ1) is 17.6.